The van der Waals surface area contributed by atoms with Crippen molar-refractivity contribution < 1.29 is 0 Å². The van der Waals surface area contributed by atoms with Crippen LogP contribution in [0.5, 0.6) is 0 Å². The van der Waals surface area contributed by atoms with Gasteiger partial charge in [0.25, 0.3) is 0 Å². The molecule has 0 spiro atoms. The lowest BCUT2D eigenvalue weighted by atomic mass is 9.94. The van der Waals surface area contributed by atoms with E-state index in [2.05, 4.69) is 69.3 Å². The number of nitrogens with zero attached hydrogens (tertiary/aromatic N) is 1. The highest BCUT2D eigenvalue weighted by Crippen LogP contribution is 2.23. The third-order valence-corrected chi connectivity index (χ3v) is 4.00. The van der Waals surface area contributed by atoms with Crippen molar-refractivity contribution >= 4 is 5.71 Å². The van der Waals surface area contributed by atoms with Crippen LogP contribution in [0.15, 0.2) is 65.7 Å². The zero-order chi connectivity index (χ0) is 14.4. The van der Waals surface area contributed by atoms with E-state index < -0.39 is 0 Å². The second-order valence-corrected chi connectivity index (χ2v) is 5.40. The van der Waals surface area contributed by atoms with Gasteiger partial charge in [0.15, 0.2) is 0 Å². The fourth-order valence-electron chi connectivity index (χ4n) is 2.17. The zero-order valence-electron chi connectivity index (χ0n) is 12.6. The molecule has 1 nitrogen and oxygen atoms in total. The lowest BCUT2D eigenvalue weighted by molar-refractivity contribution is 0.441. The number of rotatable bonds is 5. The summed E-state index contributed by atoms with van der Waals surface area (Å²) in [5.41, 5.74) is 3.47. The molecule has 2 aromatic rings. The topological polar surface area (TPSA) is 12.4 Å². The van der Waals surface area contributed by atoms with Crippen molar-refractivity contribution in [2.45, 2.75) is 39.2 Å². The van der Waals surface area contributed by atoms with E-state index in [0.29, 0.717) is 0 Å². The molecule has 0 amide bonds. The van der Waals surface area contributed by atoms with Crippen molar-refractivity contribution in [2.24, 2.45) is 4.99 Å². The summed E-state index contributed by atoms with van der Waals surface area (Å²) in [5, 5.41) is 0. The average molecular weight is 265 g/mol. The highest BCUT2D eigenvalue weighted by atomic mass is 14.9. The van der Waals surface area contributed by atoms with Crippen molar-refractivity contribution in [2.75, 3.05) is 0 Å². The maximum absolute atomic E-state index is 5.10. The summed E-state index contributed by atoms with van der Waals surface area (Å²) in [6.07, 6.45) is 2.10. The monoisotopic (exact) mass is 265 g/mol. The average Bonchev–Trinajstić information content (AvgIpc) is 2.54. The van der Waals surface area contributed by atoms with Crippen LogP contribution < -0.4 is 0 Å². The molecule has 0 fully saturated rings. The van der Waals surface area contributed by atoms with Gasteiger partial charge in [-0.2, -0.15) is 0 Å². The largest absolute Gasteiger partial charge is 0.278 e. The standard InChI is InChI=1S/C19H23N/c1-4-19(3,5-2)20-18(16-12-8-6-9-13-16)17-14-10-7-11-15-17/h6-15H,4-5H2,1-3H3. The zero-order valence-corrected chi connectivity index (χ0v) is 12.6. The molecule has 0 N–H and O–H groups in total. The van der Waals surface area contributed by atoms with Gasteiger partial charge in [0.2, 0.25) is 0 Å². The summed E-state index contributed by atoms with van der Waals surface area (Å²) >= 11 is 0. The summed E-state index contributed by atoms with van der Waals surface area (Å²) in [6, 6.07) is 20.9. The van der Waals surface area contributed by atoms with E-state index in [4.69, 9.17) is 4.99 Å². The molecule has 0 aliphatic carbocycles. The second-order valence-electron chi connectivity index (χ2n) is 5.40. The molecule has 0 aliphatic rings. The molecule has 0 saturated carbocycles. The van der Waals surface area contributed by atoms with E-state index in [-0.39, 0.29) is 5.54 Å². The Morgan fingerprint density at radius 2 is 1.20 bits per heavy atom. The van der Waals surface area contributed by atoms with E-state index in [9.17, 15) is 0 Å². The van der Waals surface area contributed by atoms with Crippen molar-refractivity contribution in [3.8, 4) is 0 Å². The van der Waals surface area contributed by atoms with Gasteiger partial charge in [0.1, 0.15) is 0 Å². The van der Waals surface area contributed by atoms with E-state index in [0.717, 1.165) is 18.6 Å². The Morgan fingerprint density at radius 3 is 1.55 bits per heavy atom. The van der Waals surface area contributed by atoms with Gasteiger partial charge < -0.3 is 0 Å². The summed E-state index contributed by atoms with van der Waals surface area (Å²) < 4.78 is 0. The first-order chi connectivity index (χ1) is 9.68. The van der Waals surface area contributed by atoms with Crippen LogP contribution in [0.2, 0.25) is 0 Å². The summed E-state index contributed by atoms with van der Waals surface area (Å²) in [6.45, 7) is 6.65. The third kappa shape index (κ3) is 3.36. The van der Waals surface area contributed by atoms with Gasteiger partial charge in [-0.05, 0) is 19.8 Å². The lowest BCUT2D eigenvalue weighted by Gasteiger charge is -2.24. The van der Waals surface area contributed by atoms with Crippen LogP contribution in [0.1, 0.15) is 44.7 Å². The van der Waals surface area contributed by atoms with Gasteiger partial charge in [-0.15, -0.1) is 0 Å². The Hall–Kier alpha value is -1.89. The Morgan fingerprint density at radius 1 is 0.800 bits per heavy atom. The Bertz CT molecular complexity index is 509. The molecule has 2 aromatic carbocycles. The van der Waals surface area contributed by atoms with Crippen molar-refractivity contribution in [1.29, 1.82) is 0 Å². The molecule has 0 heterocycles. The highest BCUT2D eigenvalue weighted by molar-refractivity contribution is 6.13. The van der Waals surface area contributed by atoms with Crippen LogP contribution in [-0.2, 0) is 0 Å². The minimum absolute atomic E-state index is 0.00101. The number of hydrogen-bond donors (Lipinski definition) is 0. The minimum Gasteiger partial charge on any atom is -0.278 e. The van der Waals surface area contributed by atoms with Crippen molar-refractivity contribution in [3.63, 3.8) is 0 Å². The molecule has 20 heavy (non-hydrogen) atoms. The molecular formula is C19H23N. The Labute approximate surface area is 122 Å². The summed E-state index contributed by atoms with van der Waals surface area (Å²) in [4.78, 5) is 5.10. The van der Waals surface area contributed by atoms with Crippen LogP contribution in [0.4, 0.5) is 0 Å². The normalized spacial score (nSPS) is 11.2. The first-order valence-electron chi connectivity index (χ1n) is 7.39. The molecule has 0 radical (unpaired) electrons. The highest BCUT2D eigenvalue weighted by Gasteiger charge is 2.20. The van der Waals surface area contributed by atoms with E-state index >= 15 is 0 Å². The van der Waals surface area contributed by atoms with Crippen molar-refractivity contribution in [3.05, 3.63) is 71.8 Å². The molecule has 0 bridgehead atoms. The van der Waals surface area contributed by atoms with Gasteiger partial charge in [0.05, 0.1) is 11.3 Å². The van der Waals surface area contributed by atoms with Gasteiger partial charge in [0, 0.05) is 11.1 Å². The smallest absolute Gasteiger partial charge is 0.0725 e. The molecule has 1 heteroatoms. The van der Waals surface area contributed by atoms with Gasteiger partial charge in [-0.25, -0.2) is 0 Å². The van der Waals surface area contributed by atoms with Crippen LogP contribution in [0.25, 0.3) is 0 Å². The van der Waals surface area contributed by atoms with Crippen molar-refractivity contribution in [1.82, 2.24) is 0 Å². The second kappa shape index (κ2) is 6.51. The number of benzene rings is 2. The maximum atomic E-state index is 5.10. The summed E-state index contributed by atoms with van der Waals surface area (Å²) in [7, 11) is 0. The van der Waals surface area contributed by atoms with E-state index in [1.54, 1.807) is 0 Å². The quantitative estimate of drug-likeness (QED) is 0.667. The fraction of sp³-hybridized carbons (Fsp3) is 0.316. The molecule has 2 rings (SSSR count). The fourth-order valence-corrected chi connectivity index (χ4v) is 2.17. The molecule has 0 aromatic heterocycles. The van der Waals surface area contributed by atoms with Gasteiger partial charge in [-0.3, -0.25) is 4.99 Å². The maximum Gasteiger partial charge on any atom is 0.0725 e. The molecule has 0 atom stereocenters. The lowest BCUT2D eigenvalue weighted by Crippen LogP contribution is -2.22. The Balaban J connectivity index is 2.54. The predicted molar refractivity (Wildman–Crippen MR) is 87.5 cm³/mol. The first kappa shape index (κ1) is 14.5. The Kier molecular flexibility index (Phi) is 4.73. The molecule has 104 valence electrons. The molecule has 0 aliphatic heterocycles. The summed E-state index contributed by atoms with van der Waals surface area (Å²) in [5.74, 6) is 0. The SMILES string of the molecule is CCC(C)(CC)N=C(c1ccccc1)c1ccccc1. The van der Waals surface area contributed by atoms with Crippen LogP contribution in [0, 0.1) is 0 Å². The number of aliphatic imine (C=N–C) groups is 1. The third-order valence-electron chi connectivity index (χ3n) is 4.00. The molecule has 0 unspecified atom stereocenters. The molecule has 0 saturated heterocycles. The van der Waals surface area contributed by atoms with E-state index in [1.807, 2.05) is 12.1 Å². The van der Waals surface area contributed by atoms with Crippen LogP contribution >= 0.6 is 0 Å². The molecular weight excluding hydrogens is 242 g/mol. The predicted octanol–water partition coefficient (Wildman–Crippen LogP) is 5.10. The van der Waals surface area contributed by atoms with Gasteiger partial charge >= 0.3 is 0 Å². The van der Waals surface area contributed by atoms with Gasteiger partial charge in [-0.1, -0.05) is 74.5 Å². The first-order valence-corrected chi connectivity index (χ1v) is 7.39. The van der Waals surface area contributed by atoms with Crippen LogP contribution in [-0.4, -0.2) is 11.3 Å². The minimum atomic E-state index is 0.00101. The number of hydrogen-bond acceptors (Lipinski definition) is 1. The van der Waals surface area contributed by atoms with Crippen LogP contribution in [0.3, 0.4) is 0 Å². The van der Waals surface area contributed by atoms with E-state index in [1.165, 1.54) is 11.1 Å².